The number of carbonyl (C=O) groups is 2. The van der Waals surface area contributed by atoms with E-state index in [2.05, 4.69) is 21.2 Å². The third-order valence-electron chi connectivity index (χ3n) is 6.32. The lowest BCUT2D eigenvalue weighted by molar-refractivity contribution is -0.139. The smallest absolute Gasteiger partial charge is 0.244 e. The van der Waals surface area contributed by atoms with Gasteiger partial charge in [0.05, 0.1) is 27.0 Å². The van der Waals surface area contributed by atoms with Gasteiger partial charge in [0, 0.05) is 17.1 Å². The molecule has 12 heteroatoms. The van der Waals surface area contributed by atoms with Gasteiger partial charge in [-0.1, -0.05) is 82.1 Å². The lowest BCUT2D eigenvalue weighted by atomic mass is 9.95. The Kier molecular flexibility index (Phi) is 10.6. The molecule has 1 N–H and O–H groups in total. The number of amides is 2. The molecular weight excluding hydrogens is 625 g/mol. The molecule has 1 aliphatic carbocycles. The van der Waals surface area contributed by atoms with Crippen LogP contribution in [0.1, 0.15) is 44.6 Å². The molecule has 0 bridgehead atoms. The molecule has 0 radical (unpaired) electrons. The number of hydrogen-bond donors (Lipinski definition) is 1. The van der Waals surface area contributed by atoms with E-state index in [0.29, 0.717) is 0 Å². The van der Waals surface area contributed by atoms with Crippen molar-refractivity contribution in [1.82, 2.24) is 10.2 Å². The minimum absolute atomic E-state index is 0.0230. The Labute approximate surface area is 241 Å². The van der Waals surface area contributed by atoms with Crippen molar-refractivity contribution in [1.29, 1.82) is 0 Å². The highest BCUT2D eigenvalue weighted by Gasteiger charge is 2.32. The maximum atomic E-state index is 13.7. The molecule has 0 saturated heterocycles. The topological polar surface area (TPSA) is 86.8 Å². The van der Waals surface area contributed by atoms with Gasteiger partial charge in [0.15, 0.2) is 0 Å². The number of rotatable bonds is 9. The van der Waals surface area contributed by atoms with Crippen LogP contribution in [0.4, 0.5) is 5.69 Å². The van der Waals surface area contributed by atoms with E-state index in [1.165, 1.54) is 17.0 Å². The molecule has 0 aromatic heterocycles. The van der Waals surface area contributed by atoms with Crippen molar-refractivity contribution >= 4 is 78.3 Å². The van der Waals surface area contributed by atoms with Crippen LogP contribution in [0.25, 0.3) is 0 Å². The quantitative estimate of drug-likeness (QED) is 0.335. The average Bonchev–Trinajstić information content (AvgIpc) is 2.84. The molecule has 0 spiro atoms. The zero-order chi connectivity index (χ0) is 27.3. The van der Waals surface area contributed by atoms with E-state index in [-0.39, 0.29) is 39.2 Å². The highest BCUT2D eigenvalue weighted by Crippen LogP contribution is 2.35. The minimum Gasteiger partial charge on any atom is -0.352 e. The van der Waals surface area contributed by atoms with Gasteiger partial charge in [-0.25, -0.2) is 8.42 Å². The molecule has 2 aromatic carbocycles. The van der Waals surface area contributed by atoms with Crippen molar-refractivity contribution in [2.24, 2.45) is 0 Å². The fourth-order valence-corrected chi connectivity index (χ4v) is 6.05. The molecule has 2 aromatic rings. The predicted molar refractivity (Wildman–Crippen MR) is 153 cm³/mol. The molecule has 7 nitrogen and oxygen atoms in total. The molecule has 0 unspecified atom stereocenters. The van der Waals surface area contributed by atoms with Gasteiger partial charge in [-0.15, -0.1) is 0 Å². The van der Waals surface area contributed by atoms with Crippen molar-refractivity contribution < 1.29 is 18.0 Å². The summed E-state index contributed by atoms with van der Waals surface area (Å²) in [5.41, 5.74) is 0.808. The van der Waals surface area contributed by atoms with Crippen molar-refractivity contribution in [3.8, 4) is 0 Å². The van der Waals surface area contributed by atoms with Crippen molar-refractivity contribution in [3.63, 3.8) is 0 Å². The van der Waals surface area contributed by atoms with Gasteiger partial charge in [-0.05, 0) is 49.6 Å². The summed E-state index contributed by atoms with van der Waals surface area (Å²) in [5, 5.41) is 3.33. The largest absolute Gasteiger partial charge is 0.352 e. The Hall–Kier alpha value is -1.52. The molecule has 202 valence electrons. The van der Waals surface area contributed by atoms with Crippen LogP contribution in [0.15, 0.2) is 40.9 Å². The number of carbonyl (C=O) groups excluding carboxylic acids is 2. The van der Waals surface area contributed by atoms with Crippen molar-refractivity contribution in [2.45, 2.75) is 57.7 Å². The number of sulfonamides is 1. The fraction of sp³-hybridized carbons (Fsp3) is 0.440. The van der Waals surface area contributed by atoms with E-state index < -0.39 is 28.5 Å². The van der Waals surface area contributed by atoms with Crippen LogP contribution in [-0.4, -0.2) is 50.0 Å². The summed E-state index contributed by atoms with van der Waals surface area (Å²) in [4.78, 5) is 28.2. The molecule has 0 heterocycles. The van der Waals surface area contributed by atoms with E-state index in [1.807, 2.05) is 24.3 Å². The Morgan fingerprint density at radius 1 is 1.03 bits per heavy atom. The maximum absolute atomic E-state index is 13.7. The van der Waals surface area contributed by atoms with Crippen LogP contribution in [-0.2, 0) is 26.2 Å². The van der Waals surface area contributed by atoms with Gasteiger partial charge in [0.1, 0.15) is 12.6 Å². The van der Waals surface area contributed by atoms with Crippen LogP contribution < -0.4 is 9.62 Å². The Morgan fingerprint density at radius 2 is 1.62 bits per heavy atom. The van der Waals surface area contributed by atoms with Crippen LogP contribution in [0.2, 0.25) is 15.1 Å². The lowest BCUT2D eigenvalue weighted by Crippen LogP contribution is -2.53. The number of benzene rings is 2. The number of nitrogens with zero attached hydrogens (tertiary/aromatic N) is 2. The molecule has 3 rings (SSSR count). The summed E-state index contributed by atoms with van der Waals surface area (Å²) in [6.45, 7) is 1.18. The molecule has 1 fully saturated rings. The molecule has 37 heavy (non-hydrogen) atoms. The van der Waals surface area contributed by atoms with Crippen LogP contribution >= 0.6 is 50.7 Å². The highest BCUT2D eigenvalue weighted by molar-refractivity contribution is 9.10. The van der Waals surface area contributed by atoms with Crippen LogP contribution in [0.3, 0.4) is 0 Å². The second-order valence-corrected chi connectivity index (χ2v) is 13.2. The zero-order valence-electron chi connectivity index (χ0n) is 20.5. The maximum Gasteiger partial charge on any atom is 0.244 e. The normalized spacial score (nSPS) is 15.2. The van der Waals surface area contributed by atoms with Gasteiger partial charge in [0.2, 0.25) is 21.8 Å². The van der Waals surface area contributed by atoms with Gasteiger partial charge < -0.3 is 10.2 Å². The summed E-state index contributed by atoms with van der Waals surface area (Å²) in [7, 11) is -3.95. The van der Waals surface area contributed by atoms with E-state index in [0.717, 1.165) is 52.7 Å². The van der Waals surface area contributed by atoms with Gasteiger partial charge in [-0.3, -0.25) is 13.9 Å². The monoisotopic (exact) mass is 651 g/mol. The predicted octanol–water partition coefficient (Wildman–Crippen LogP) is 6.04. The van der Waals surface area contributed by atoms with Crippen molar-refractivity contribution in [3.05, 3.63) is 61.5 Å². The molecule has 1 atom stereocenters. The van der Waals surface area contributed by atoms with E-state index >= 15 is 0 Å². The first-order chi connectivity index (χ1) is 17.4. The summed E-state index contributed by atoms with van der Waals surface area (Å²) in [6, 6.07) is 9.19. The van der Waals surface area contributed by atoms with Gasteiger partial charge >= 0.3 is 0 Å². The van der Waals surface area contributed by atoms with E-state index in [1.54, 1.807) is 6.92 Å². The molecule has 1 saturated carbocycles. The number of nitrogens with one attached hydrogen (secondary N) is 1. The Morgan fingerprint density at radius 3 is 2.22 bits per heavy atom. The minimum atomic E-state index is -3.95. The summed E-state index contributed by atoms with van der Waals surface area (Å²) in [5.74, 6) is -0.849. The van der Waals surface area contributed by atoms with E-state index in [4.69, 9.17) is 34.8 Å². The summed E-state index contributed by atoms with van der Waals surface area (Å²) < 4.78 is 27.2. The van der Waals surface area contributed by atoms with Crippen LogP contribution in [0, 0.1) is 0 Å². The zero-order valence-corrected chi connectivity index (χ0v) is 25.2. The standard InChI is InChI=1S/C25H29BrCl3N3O4S/c1-16(25(34)30-19-6-4-3-5-7-19)31(14-17-8-10-18(26)11-9-17)24(33)15-32(37(2,35)36)23-13-21(28)20(27)12-22(23)29/h8-13,16,19H,3-7,14-15H2,1-2H3,(H,30,34)/t16-/m1/s1. The third-order valence-corrected chi connectivity index (χ3v) is 9.00. The second-order valence-electron chi connectivity index (χ2n) is 9.15. The first-order valence-corrected chi connectivity index (χ1v) is 15.6. The molecule has 2 amide bonds. The molecule has 1 aliphatic rings. The Balaban J connectivity index is 1.91. The SMILES string of the molecule is C[C@H](C(=O)NC1CCCCC1)N(Cc1ccc(Br)cc1)C(=O)CN(c1cc(Cl)c(Cl)cc1Cl)S(C)(=O)=O. The average molecular weight is 654 g/mol. The number of hydrogen-bond acceptors (Lipinski definition) is 4. The number of anilines is 1. The number of halogens is 4. The van der Waals surface area contributed by atoms with Crippen LogP contribution in [0.5, 0.6) is 0 Å². The fourth-order valence-electron chi connectivity index (χ4n) is 4.24. The first kappa shape index (κ1) is 30.0. The van der Waals surface area contributed by atoms with E-state index in [9.17, 15) is 18.0 Å². The third kappa shape index (κ3) is 8.23. The summed E-state index contributed by atoms with van der Waals surface area (Å²) in [6.07, 6.45) is 6.02. The van der Waals surface area contributed by atoms with Gasteiger partial charge in [0.25, 0.3) is 0 Å². The highest BCUT2D eigenvalue weighted by atomic mass is 79.9. The lowest BCUT2D eigenvalue weighted by Gasteiger charge is -2.33. The second kappa shape index (κ2) is 13.0. The molecular formula is C25H29BrCl3N3O4S. The van der Waals surface area contributed by atoms with Gasteiger partial charge in [-0.2, -0.15) is 0 Å². The summed E-state index contributed by atoms with van der Waals surface area (Å²) >= 11 is 21.8. The van der Waals surface area contributed by atoms with Crippen molar-refractivity contribution in [2.75, 3.05) is 17.1 Å². The first-order valence-electron chi connectivity index (χ1n) is 11.8. The molecule has 0 aliphatic heterocycles. The Bertz CT molecular complexity index is 1240.